The van der Waals surface area contributed by atoms with Crippen LogP contribution in [0.3, 0.4) is 0 Å². The Hall–Kier alpha value is -0.280. The molecule has 2 rings (SSSR count). The van der Waals surface area contributed by atoms with E-state index in [-0.39, 0.29) is 0 Å². The predicted molar refractivity (Wildman–Crippen MR) is 58.2 cm³/mol. The number of nitrogens with one attached hydrogen (secondary N) is 1. The van der Waals surface area contributed by atoms with Crippen molar-refractivity contribution >= 4 is 33.2 Å². The van der Waals surface area contributed by atoms with Crippen molar-refractivity contribution in [3.05, 3.63) is 21.9 Å². The number of rotatable bonds is 3. The van der Waals surface area contributed by atoms with E-state index in [4.69, 9.17) is 11.6 Å². The Labute approximate surface area is 90.8 Å². The van der Waals surface area contributed by atoms with Gasteiger partial charge in [-0.05, 0) is 40.8 Å². The average molecular weight is 262 g/mol. The SMILES string of the molecule is Clc1ncc(Br)cc1NCC1CC1. The van der Waals surface area contributed by atoms with Crippen LogP contribution in [0, 0.1) is 5.92 Å². The monoisotopic (exact) mass is 260 g/mol. The molecular formula is C9H10BrClN2. The number of hydrogen-bond acceptors (Lipinski definition) is 2. The van der Waals surface area contributed by atoms with Gasteiger partial charge in [-0.15, -0.1) is 0 Å². The molecule has 0 atom stereocenters. The van der Waals surface area contributed by atoms with Gasteiger partial charge in [-0.3, -0.25) is 0 Å². The Morgan fingerprint density at radius 1 is 1.62 bits per heavy atom. The van der Waals surface area contributed by atoms with E-state index in [0.717, 1.165) is 22.6 Å². The molecule has 1 N–H and O–H groups in total. The zero-order valence-corrected chi connectivity index (χ0v) is 9.40. The van der Waals surface area contributed by atoms with Gasteiger partial charge in [-0.2, -0.15) is 0 Å². The number of pyridine rings is 1. The molecule has 0 radical (unpaired) electrons. The molecule has 0 aliphatic heterocycles. The number of anilines is 1. The fourth-order valence-corrected chi connectivity index (χ4v) is 1.62. The summed E-state index contributed by atoms with van der Waals surface area (Å²) in [6, 6.07) is 1.96. The Morgan fingerprint density at radius 2 is 2.38 bits per heavy atom. The van der Waals surface area contributed by atoms with Crippen molar-refractivity contribution < 1.29 is 0 Å². The van der Waals surface area contributed by atoms with Crippen molar-refractivity contribution in [1.82, 2.24) is 4.98 Å². The zero-order valence-electron chi connectivity index (χ0n) is 7.06. The lowest BCUT2D eigenvalue weighted by Gasteiger charge is -2.06. The fraction of sp³-hybridized carbons (Fsp3) is 0.444. The quantitative estimate of drug-likeness (QED) is 0.844. The molecule has 0 bridgehead atoms. The molecule has 0 spiro atoms. The van der Waals surface area contributed by atoms with E-state index < -0.39 is 0 Å². The van der Waals surface area contributed by atoms with E-state index in [1.807, 2.05) is 6.07 Å². The summed E-state index contributed by atoms with van der Waals surface area (Å²) in [6.07, 6.45) is 4.38. The summed E-state index contributed by atoms with van der Waals surface area (Å²) < 4.78 is 0.954. The van der Waals surface area contributed by atoms with Crippen LogP contribution in [0.1, 0.15) is 12.8 Å². The van der Waals surface area contributed by atoms with Crippen LogP contribution in [0.25, 0.3) is 0 Å². The first kappa shape index (κ1) is 9.28. The second-order valence-electron chi connectivity index (χ2n) is 3.32. The highest BCUT2D eigenvalue weighted by atomic mass is 79.9. The summed E-state index contributed by atoms with van der Waals surface area (Å²) in [6.45, 7) is 1.01. The molecule has 1 saturated carbocycles. The molecule has 1 aromatic heterocycles. The minimum Gasteiger partial charge on any atom is -0.382 e. The molecule has 1 fully saturated rings. The number of halogens is 2. The first-order valence-corrected chi connectivity index (χ1v) is 5.48. The van der Waals surface area contributed by atoms with E-state index in [0.29, 0.717) is 5.15 Å². The lowest BCUT2D eigenvalue weighted by atomic mass is 10.3. The van der Waals surface area contributed by atoms with E-state index in [9.17, 15) is 0 Å². The standard InChI is InChI=1S/C9H10BrClN2/c10-7-3-8(9(11)13-5-7)12-4-6-1-2-6/h3,5-6,12H,1-2,4H2. The zero-order chi connectivity index (χ0) is 9.26. The second-order valence-corrected chi connectivity index (χ2v) is 4.59. The van der Waals surface area contributed by atoms with Crippen LogP contribution in [0.2, 0.25) is 5.15 Å². The molecule has 1 aliphatic carbocycles. The fourth-order valence-electron chi connectivity index (χ4n) is 1.12. The Kier molecular flexibility index (Phi) is 2.74. The van der Waals surface area contributed by atoms with Gasteiger partial charge in [0.2, 0.25) is 0 Å². The highest BCUT2D eigenvalue weighted by Gasteiger charge is 2.20. The van der Waals surface area contributed by atoms with Gasteiger partial charge < -0.3 is 5.32 Å². The Balaban J connectivity index is 2.03. The van der Waals surface area contributed by atoms with Gasteiger partial charge >= 0.3 is 0 Å². The maximum Gasteiger partial charge on any atom is 0.152 e. The Morgan fingerprint density at radius 3 is 3.08 bits per heavy atom. The van der Waals surface area contributed by atoms with Gasteiger partial charge in [0.25, 0.3) is 0 Å². The molecule has 0 saturated heterocycles. The first-order chi connectivity index (χ1) is 6.25. The van der Waals surface area contributed by atoms with Crippen LogP contribution < -0.4 is 5.32 Å². The van der Waals surface area contributed by atoms with Crippen molar-refractivity contribution in [3.8, 4) is 0 Å². The normalized spacial score (nSPS) is 15.8. The lowest BCUT2D eigenvalue weighted by Crippen LogP contribution is -2.04. The van der Waals surface area contributed by atoms with Crippen LogP contribution in [0.5, 0.6) is 0 Å². The summed E-state index contributed by atoms with van der Waals surface area (Å²) in [4.78, 5) is 4.03. The largest absolute Gasteiger partial charge is 0.382 e. The maximum absolute atomic E-state index is 5.91. The van der Waals surface area contributed by atoms with Crippen LogP contribution in [-0.4, -0.2) is 11.5 Å². The van der Waals surface area contributed by atoms with E-state index >= 15 is 0 Å². The molecule has 2 nitrogen and oxygen atoms in total. The summed E-state index contributed by atoms with van der Waals surface area (Å²) in [5.41, 5.74) is 0.919. The maximum atomic E-state index is 5.91. The van der Waals surface area contributed by atoms with Crippen LogP contribution in [0.4, 0.5) is 5.69 Å². The topological polar surface area (TPSA) is 24.9 Å². The van der Waals surface area contributed by atoms with Crippen molar-refractivity contribution in [1.29, 1.82) is 0 Å². The molecule has 1 aliphatic rings. The molecule has 1 aromatic rings. The lowest BCUT2D eigenvalue weighted by molar-refractivity contribution is 0.888. The molecule has 0 unspecified atom stereocenters. The van der Waals surface area contributed by atoms with Gasteiger partial charge in [0.05, 0.1) is 5.69 Å². The summed E-state index contributed by atoms with van der Waals surface area (Å²) in [5, 5.41) is 3.84. The van der Waals surface area contributed by atoms with E-state index in [1.54, 1.807) is 6.20 Å². The van der Waals surface area contributed by atoms with Crippen molar-refractivity contribution in [2.45, 2.75) is 12.8 Å². The van der Waals surface area contributed by atoms with Crippen molar-refractivity contribution in [2.24, 2.45) is 5.92 Å². The molecule has 0 amide bonds. The highest BCUT2D eigenvalue weighted by molar-refractivity contribution is 9.10. The van der Waals surface area contributed by atoms with Gasteiger partial charge in [-0.1, -0.05) is 11.6 Å². The van der Waals surface area contributed by atoms with Crippen LogP contribution in [-0.2, 0) is 0 Å². The molecule has 13 heavy (non-hydrogen) atoms. The molecule has 1 heterocycles. The number of nitrogens with zero attached hydrogens (tertiary/aromatic N) is 1. The van der Waals surface area contributed by atoms with Crippen LogP contribution in [0.15, 0.2) is 16.7 Å². The third-order valence-corrected chi connectivity index (χ3v) is 2.82. The smallest absolute Gasteiger partial charge is 0.152 e. The minimum absolute atomic E-state index is 0.545. The van der Waals surface area contributed by atoms with Gasteiger partial charge in [0.15, 0.2) is 5.15 Å². The third-order valence-electron chi connectivity index (χ3n) is 2.08. The summed E-state index contributed by atoms with van der Waals surface area (Å²) >= 11 is 9.26. The van der Waals surface area contributed by atoms with Gasteiger partial charge in [0.1, 0.15) is 0 Å². The molecule has 0 aromatic carbocycles. The minimum atomic E-state index is 0.545. The van der Waals surface area contributed by atoms with Gasteiger partial charge in [-0.25, -0.2) is 4.98 Å². The van der Waals surface area contributed by atoms with Crippen molar-refractivity contribution in [2.75, 3.05) is 11.9 Å². The highest BCUT2D eigenvalue weighted by Crippen LogP contribution is 2.30. The predicted octanol–water partition coefficient (Wildman–Crippen LogP) is 3.32. The average Bonchev–Trinajstić information content (AvgIpc) is 2.90. The Bertz CT molecular complexity index is 312. The molecular weight excluding hydrogens is 251 g/mol. The van der Waals surface area contributed by atoms with Crippen LogP contribution >= 0.6 is 27.5 Å². The first-order valence-electron chi connectivity index (χ1n) is 4.30. The number of hydrogen-bond donors (Lipinski definition) is 1. The summed E-state index contributed by atoms with van der Waals surface area (Å²) in [7, 11) is 0. The second kappa shape index (κ2) is 3.84. The molecule has 4 heteroatoms. The molecule has 70 valence electrons. The van der Waals surface area contributed by atoms with Crippen molar-refractivity contribution in [3.63, 3.8) is 0 Å². The van der Waals surface area contributed by atoms with E-state index in [2.05, 4.69) is 26.2 Å². The third kappa shape index (κ3) is 2.58. The summed E-state index contributed by atoms with van der Waals surface area (Å²) in [5.74, 6) is 0.843. The number of aromatic nitrogens is 1. The van der Waals surface area contributed by atoms with Gasteiger partial charge in [0, 0.05) is 17.2 Å². The van der Waals surface area contributed by atoms with E-state index in [1.165, 1.54) is 12.8 Å².